The van der Waals surface area contributed by atoms with Crippen molar-refractivity contribution in [1.82, 2.24) is 10.3 Å². The maximum Gasteiger partial charge on any atom is 0.150 e. The Kier molecular flexibility index (Phi) is 14.9. The van der Waals surface area contributed by atoms with E-state index < -0.39 is 0 Å². The molecule has 0 aliphatic rings. The third-order valence-electron chi connectivity index (χ3n) is 3.36. The van der Waals surface area contributed by atoms with Crippen LogP contribution in [0.5, 0.6) is 11.5 Å². The van der Waals surface area contributed by atoms with E-state index in [-0.39, 0.29) is 5.75 Å². The van der Waals surface area contributed by atoms with E-state index in [0.29, 0.717) is 23.0 Å². The van der Waals surface area contributed by atoms with Crippen LogP contribution in [0.1, 0.15) is 38.8 Å². The van der Waals surface area contributed by atoms with Crippen molar-refractivity contribution < 1.29 is 9.84 Å². The summed E-state index contributed by atoms with van der Waals surface area (Å²) in [6, 6.07) is 10.0. The first kappa shape index (κ1) is 25.6. The van der Waals surface area contributed by atoms with E-state index in [9.17, 15) is 5.11 Å². The van der Waals surface area contributed by atoms with Crippen molar-refractivity contribution in [3.63, 3.8) is 0 Å². The van der Waals surface area contributed by atoms with Crippen LogP contribution < -0.4 is 15.8 Å². The zero-order valence-electron chi connectivity index (χ0n) is 17.8. The second-order valence-electron chi connectivity index (χ2n) is 5.68. The van der Waals surface area contributed by atoms with Crippen LogP contribution in [0.4, 0.5) is 5.69 Å². The number of pyridine rings is 1. The number of phenols is 1. The summed E-state index contributed by atoms with van der Waals surface area (Å²) in [6.45, 7) is 7.82. The maximum atomic E-state index is 9.35. The maximum absolute atomic E-state index is 9.35. The number of unbranched alkanes of at least 4 members (excludes halogenated alkanes) is 2. The minimum Gasteiger partial charge on any atom is -0.508 e. The van der Waals surface area contributed by atoms with Gasteiger partial charge in [-0.1, -0.05) is 45.8 Å². The van der Waals surface area contributed by atoms with Gasteiger partial charge in [0.2, 0.25) is 0 Å². The summed E-state index contributed by atoms with van der Waals surface area (Å²) in [5, 5.41) is 12.0. The van der Waals surface area contributed by atoms with Gasteiger partial charge in [-0.05, 0) is 30.5 Å². The van der Waals surface area contributed by atoms with E-state index in [1.807, 2.05) is 6.07 Å². The quantitative estimate of drug-likeness (QED) is 0.472. The number of nitrogens with one attached hydrogen (secondary N) is 1. The van der Waals surface area contributed by atoms with Crippen LogP contribution in [0.15, 0.2) is 65.4 Å². The Bertz CT molecular complexity index is 744. The predicted molar refractivity (Wildman–Crippen MR) is 122 cm³/mol. The van der Waals surface area contributed by atoms with E-state index in [1.165, 1.54) is 38.5 Å². The first-order valence-corrected chi connectivity index (χ1v) is 9.44. The Labute approximate surface area is 174 Å². The number of nitrogens with zero attached hydrogens (tertiary/aromatic N) is 3. The number of amidine groups is 1. The summed E-state index contributed by atoms with van der Waals surface area (Å²) in [4.78, 5) is 12.0. The van der Waals surface area contributed by atoms with Gasteiger partial charge < -0.3 is 20.9 Å². The Morgan fingerprint density at radius 2 is 2.00 bits per heavy atom. The summed E-state index contributed by atoms with van der Waals surface area (Å²) >= 11 is 0. The lowest BCUT2D eigenvalue weighted by molar-refractivity contribution is 0.409. The van der Waals surface area contributed by atoms with Gasteiger partial charge in [-0.3, -0.25) is 9.98 Å². The Hall–Kier alpha value is -3.35. The number of rotatable bonds is 7. The molecular weight excluding hydrogens is 366 g/mol. The number of aromatic nitrogens is 1. The third-order valence-corrected chi connectivity index (χ3v) is 3.36. The van der Waals surface area contributed by atoms with E-state index in [4.69, 9.17) is 10.5 Å². The highest BCUT2D eigenvalue weighted by Crippen LogP contribution is 2.31. The number of nitrogens with two attached hydrogens (primary N) is 1. The average molecular weight is 400 g/mol. The molecule has 4 N–H and O–H groups in total. The van der Waals surface area contributed by atoms with Gasteiger partial charge in [-0.2, -0.15) is 0 Å². The molecule has 0 unspecified atom stereocenters. The highest BCUT2D eigenvalue weighted by Gasteiger charge is 2.05. The number of phenolic OH excluding ortho intramolecular Hbond substituents is 1. The first-order valence-electron chi connectivity index (χ1n) is 9.44. The molecule has 0 aliphatic heterocycles. The predicted octanol–water partition coefficient (Wildman–Crippen LogP) is 4.41. The van der Waals surface area contributed by atoms with Crippen LogP contribution >= 0.6 is 0 Å². The number of benzene rings is 1. The molecule has 29 heavy (non-hydrogen) atoms. The molecule has 7 heteroatoms. The van der Waals surface area contributed by atoms with Crippen LogP contribution in [0.2, 0.25) is 0 Å². The molecule has 7 nitrogen and oxygen atoms in total. The summed E-state index contributed by atoms with van der Waals surface area (Å²) in [5.74, 6) is 0.857. The molecule has 1 heterocycles. The molecule has 0 amide bonds. The zero-order valence-corrected chi connectivity index (χ0v) is 17.8. The minimum atomic E-state index is 0.113. The van der Waals surface area contributed by atoms with Crippen LogP contribution in [-0.4, -0.2) is 36.4 Å². The molecule has 0 saturated heterocycles. The smallest absolute Gasteiger partial charge is 0.150 e. The summed E-state index contributed by atoms with van der Waals surface area (Å²) in [6.07, 6.45) is 8.85. The van der Waals surface area contributed by atoms with E-state index >= 15 is 0 Å². The molecule has 0 bridgehead atoms. The van der Waals surface area contributed by atoms with Gasteiger partial charge >= 0.3 is 0 Å². The standard InChI is InChI=1S/C13H13N3O2.C5H12.C4H8N2/c1-18-12-8-9(17)5-6-10(12)16-13(14)11-4-2-3-7-15-11;1-3-5-4-2;1-3-6-4-5-2/h2-8,17H,1H3,(H2,14,16);3-5H2,1-2H3;3-4H,1H2,2H3,(H,5,6). The van der Waals surface area contributed by atoms with Crippen LogP contribution in [0.25, 0.3) is 0 Å². The van der Waals surface area contributed by atoms with E-state index in [0.717, 1.165) is 0 Å². The van der Waals surface area contributed by atoms with E-state index in [2.05, 4.69) is 40.7 Å². The van der Waals surface area contributed by atoms with Crippen molar-refractivity contribution in [1.29, 1.82) is 0 Å². The molecule has 0 aliphatic carbocycles. The Morgan fingerprint density at radius 1 is 1.28 bits per heavy atom. The lowest BCUT2D eigenvalue weighted by atomic mass is 10.2. The Balaban J connectivity index is 0.000000591. The first-order chi connectivity index (χ1) is 14.0. The molecule has 0 fully saturated rings. The van der Waals surface area contributed by atoms with Crippen LogP contribution in [-0.2, 0) is 0 Å². The lowest BCUT2D eigenvalue weighted by Crippen LogP contribution is -2.14. The SMILES string of the molecule is C=CNC=NC.CCCCC.COc1cc(O)ccc1N=C(N)c1ccccn1. The van der Waals surface area contributed by atoms with Gasteiger partial charge in [0.05, 0.1) is 13.4 Å². The fraction of sp³-hybridized carbons (Fsp3) is 0.318. The van der Waals surface area contributed by atoms with Crippen molar-refractivity contribution in [2.75, 3.05) is 14.2 Å². The van der Waals surface area contributed by atoms with Gasteiger partial charge in [0.15, 0.2) is 0 Å². The molecule has 0 saturated carbocycles. The summed E-state index contributed by atoms with van der Waals surface area (Å²) in [5.41, 5.74) is 6.99. The number of hydrogen-bond donors (Lipinski definition) is 3. The number of aliphatic imine (C=N–C) groups is 2. The summed E-state index contributed by atoms with van der Waals surface area (Å²) in [7, 11) is 3.20. The van der Waals surface area contributed by atoms with Gasteiger partial charge in [0.1, 0.15) is 28.7 Å². The molecule has 2 aromatic rings. The fourth-order valence-electron chi connectivity index (χ4n) is 1.94. The molecule has 0 radical (unpaired) electrons. The van der Waals surface area contributed by atoms with Crippen molar-refractivity contribution in [3.8, 4) is 11.5 Å². The highest BCUT2D eigenvalue weighted by molar-refractivity contribution is 5.97. The van der Waals surface area contributed by atoms with Gasteiger partial charge in [0.25, 0.3) is 0 Å². The normalized spacial score (nSPS) is 10.3. The molecule has 0 spiro atoms. The van der Waals surface area contributed by atoms with Crippen molar-refractivity contribution in [2.45, 2.75) is 33.1 Å². The number of methoxy groups -OCH3 is 1. The third kappa shape index (κ3) is 11.9. The molecule has 2 rings (SSSR count). The highest BCUT2D eigenvalue weighted by atomic mass is 16.5. The molecule has 1 aromatic heterocycles. The topological polar surface area (TPSA) is 105 Å². The molecule has 1 aromatic carbocycles. The van der Waals surface area contributed by atoms with Crippen molar-refractivity contribution in [3.05, 3.63) is 61.1 Å². The molecular formula is C22H33N5O2. The van der Waals surface area contributed by atoms with Gasteiger partial charge in [0, 0.05) is 19.3 Å². The van der Waals surface area contributed by atoms with E-state index in [1.54, 1.807) is 44.0 Å². The molecule has 0 atom stereocenters. The fourth-order valence-corrected chi connectivity index (χ4v) is 1.94. The second kappa shape index (κ2) is 16.8. The van der Waals surface area contributed by atoms with Crippen molar-refractivity contribution in [2.24, 2.45) is 15.7 Å². The van der Waals surface area contributed by atoms with Gasteiger partial charge in [-0.15, -0.1) is 0 Å². The second-order valence-corrected chi connectivity index (χ2v) is 5.68. The van der Waals surface area contributed by atoms with Gasteiger partial charge in [-0.25, -0.2) is 4.99 Å². The number of ether oxygens (including phenoxy) is 1. The van der Waals surface area contributed by atoms with Crippen LogP contribution in [0, 0.1) is 0 Å². The average Bonchev–Trinajstić information content (AvgIpc) is 2.75. The Morgan fingerprint density at radius 3 is 2.45 bits per heavy atom. The number of hydrogen-bond acceptors (Lipinski definition) is 5. The molecule has 158 valence electrons. The monoisotopic (exact) mass is 399 g/mol. The number of aromatic hydroxyl groups is 1. The zero-order chi connectivity index (χ0) is 21.9. The summed E-state index contributed by atoms with van der Waals surface area (Å²) < 4.78 is 5.12. The van der Waals surface area contributed by atoms with Crippen molar-refractivity contribution >= 4 is 17.9 Å². The lowest BCUT2D eigenvalue weighted by Gasteiger charge is -2.06. The minimum absolute atomic E-state index is 0.113. The largest absolute Gasteiger partial charge is 0.508 e. The van der Waals surface area contributed by atoms with Crippen LogP contribution in [0.3, 0.4) is 0 Å².